The summed E-state index contributed by atoms with van der Waals surface area (Å²) >= 11 is 0. The van der Waals surface area contributed by atoms with Crippen molar-refractivity contribution in [3.63, 3.8) is 0 Å². The van der Waals surface area contributed by atoms with Crippen LogP contribution in [0.4, 0.5) is 4.79 Å². The largest absolute Gasteiger partial charge is 0.508 e. The zero-order chi connectivity index (χ0) is 22.7. The number of amides is 3. The van der Waals surface area contributed by atoms with Gasteiger partial charge in [-0.3, -0.25) is 14.6 Å². The van der Waals surface area contributed by atoms with Crippen LogP contribution in [-0.4, -0.2) is 37.9 Å². The number of imide groups is 1. The number of aromatic amines is 1. The van der Waals surface area contributed by atoms with Gasteiger partial charge in [-0.15, -0.1) is 0 Å². The van der Waals surface area contributed by atoms with E-state index >= 15 is 0 Å². The minimum absolute atomic E-state index is 0.125. The van der Waals surface area contributed by atoms with E-state index in [1.807, 2.05) is 67.6 Å². The monoisotopic (exact) mass is 437 g/mol. The Balaban J connectivity index is 1.51. The lowest BCUT2D eigenvalue weighted by molar-refractivity contribution is -0.130. The molecule has 2 N–H and O–H groups in total. The van der Waals surface area contributed by atoms with E-state index in [4.69, 9.17) is 0 Å². The summed E-state index contributed by atoms with van der Waals surface area (Å²) in [6.07, 6.45) is 0.456. The topological polar surface area (TPSA) is 76.6 Å². The first-order valence-electron chi connectivity index (χ1n) is 11.1. The number of fused-ring (bicyclic) bond motifs is 4. The number of phenols is 1. The predicted molar refractivity (Wildman–Crippen MR) is 125 cm³/mol. The SMILES string of the molecule is C[C@H](c1ccccc1)N1C(=O)C2Cc3c([nH]c4ccccc34)C(c3cccc(O)c3)N2C1=O. The highest BCUT2D eigenvalue weighted by atomic mass is 16.3. The molecule has 2 aliphatic heterocycles. The van der Waals surface area contributed by atoms with Gasteiger partial charge in [0, 0.05) is 23.0 Å². The Labute approximate surface area is 191 Å². The molecule has 3 heterocycles. The molecule has 3 atom stereocenters. The van der Waals surface area contributed by atoms with Gasteiger partial charge >= 0.3 is 6.03 Å². The number of para-hydroxylation sites is 1. The molecule has 0 spiro atoms. The third-order valence-electron chi connectivity index (χ3n) is 6.94. The van der Waals surface area contributed by atoms with Crippen LogP contribution in [0.3, 0.4) is 0 Å². The molecule has 6 nitrogen and oxygen atoms in total. The summed E-state index contributed by atoms with van der Waals surface area (Å²) in [5.41, 5.74) is 4.60. The van der Waals surface area contributed by atoms with Gasteiger partial charge in [0.1, 0.15) is 17.8 Å². The summed E-state index contributed by atoms with van der Waals surface area (Å²) < 4.78 is 0. The Morgan fingerprint density at radius 2 is 1.73 bits per heavy atom. The molecule has 4 aromatic rings. The van der Waals surface area contributed by atoms with E-state index in [1.165, 1.54) is 4.90 Å². The molecule has 0 aliphatic carbocycles. The van der Waals surface area contributed by atoms with Gasteiger partial charge in [0.05, 0.1) is 6.04 Å². The molecule has 6 rings (SSSR count). The van der Waals surface area contributed by atoms with E-state index in [-0.39, 0.29) is 23.7 Å². The summed E-state index contributed by atoms with van der Waals surface area (Å²) in [4.78, 5) is 34.1. The summed E-state index contributed by atoms with van der Waals surface area (Å²) in [5, 5.41) is 11.2. The Morgan fingerprint density at radius 1 is 0.970 bits per heavy atom. The van der Waals surface area contributed by atoms with Gasteiger partial charge < -0.3 is 10.1 Å². The maximum absolute atomic E-state index is 13.8. The Hall–Kier alpha value is -4.06. The molecule has 6 heteroatoms. The molecule has 3 aromatic carbocycles. The molecular weight excluding hydrogens is 414 g/mol. The molecule has 1 saturated heterocycles. The summed E-state index contributed by atoms with van der Waals surface area (Å²) in [6, 6.07) is 22.8. The fraction of sp³-hybridized carbons (Fsp3) is 0.185. The first kappa shape index (κ1) is 19.6. The minimum atomic E-state index is -0.595. The van der Waals surface area contributed by atoms with Crippen LogP contribution >= 0.6 is 0 Å². The van der Waals surface area contributed by atoms with E-state index < -0.39 is 12.1 Å². The maximum atomic E-state index is 13.8. The molecule has 33 heavy (non-hydrogen) atoms. The number of rotatable bonds is 3. The van der Waals surface area contributed by atoms with E-state index in [1.54, 1.807) is 23.1 Å². The van der Waals surface area contributed by atoms with E-state index in [2.05, 4.69) is 4.98 Å². The molecule has 3 amide bonds. The van der Waals surface area contributed by atoms with Gasteiger partial charge in [-0.1, -0.05) is 60.7 Å². The van der Waals surface area contributed by atoms with Gasteiger partial charge in [-0.2, -0.15) is 0 Å². The number of aromatic hydroxyl groups is 1. The first-order chi connectivity index (χ1) is 16.0. The fourth-order valence-electron chi connectivity index (χ4n) is 5.37. The Kier molecular flexibility index (Phi) is 4.30. The minimum Gasteiger partial charge on any atom is -0.508 e. The van der Waals surface area contributed by atoms with Crippen molar-refractivity contribution in [2.75, 3.05) is 0 Å². The van der Waals surface area contributed by atoms with Crippen molar-refractivity contribution < 1.29 is 14.7 Å². The van der Waals surface area contributed by atoms with Gasteiger partial charge in [0.2, 0.25) is 0 Å². The average molecular weight is 437 g/mol. The number of H-pyrrole nitrogens is 1. The number of nitrogens with one attached hydrogen (secondary N) is 1. The van der Waals surface area contributed by atoms with Crippen LogP contribution in [0.25, 0.3) is 10.9 Å². The summed E-state index contributed by atoms with van der Waals surface area (Å²) in [7, 11) is 0. The highest BCUT2D eigenvalue weighted by Gasteiger charge is 2.53. The van der Waals surface area contributed by atoms with Gasteiger partial charge in [0.15, 0.2) is 0 Å². The number of carbonyl (C=O) groups is 2. The number of carbonyl (C=O) groups excluding carboxylic acids is 2. The smallest absolute Gasteiger partial charge is 0.328 e. The van der Waals surface area contributed by atoms with Crippen molar-refractivity contribution in [3.8, 4) is 5.75 Å². The summed E-state index contributed by atoms with van der Waals surface area (Å²) in [5.74, 6) is -0.0581. The Bertz CT molecular complexity index is 1390. The van der Waals surface area contributed by atoms with Crippen LogP contribution in [0.1, 0.15) is 41.4 Å². The van der Waals surface area contributed by atoms with Crippen molar-refractivity contribution in [1.82, 2.24) is 14.8 Å². The number of aromatic nitrogens is 1. The number of phenolic OH excluding ortho intramolecular Hbond substituents is 1. The number of nitrogens with zero attached hydrogens (tertiary/aromatic N) is 2. The molecule has 2 aliphatic rings. The van der Waals surface area contributed by atoms with Crippen molar-refractivity contribution in [1.29, 1.82) is 0 Å². The second kappa shape index (κ2) is 7.24. The average Bonchev–Trinajstić information content (AvgIpc) is 3.32. The second-order valence-electron chi connectivity index (χ2n) is 8.76. The zero-order valence-electron chi connectivity index (χ0n) is 18.1. The molecule has 2 unspecified atom stereocenters. The third kappa shape index (κ3) is 2.87. The number of benzene rings is 3. The fourth-order valence-corrected chi connectivity index (χ4v) is 5.37. The molecule has 164 valence electrons. The summed E-state index contributed by atoms with van der Waals surface area (Å²) in [6.45, 7) is 1.89. The molecular formula is C27H23N3O3. The lowest BCUT2D eigenvalue weighted by atomic mass is 9.89. The van der Waals surface area contributed by atoms with Crippen LogP contribution in [0, 0.1) is 0 Å². The van der Waals surface area contributed by atoms with Crippen LogP contribution in [-0.2, 0) is 11.2 Å². The number of hydrogen-bond donors (Lipinski definition) is 2. The molecule has 0 bridgehead atoms. The van der Waals surface area contributed by atoms with Gasteiger partial charge in [-0.05, 0) is 41.8 Å². The van der Waals surface area contributed by atoms with E-state index in [0.717, 1.165) is 33.3 Å². The second-order valence-corrected chi connectivity index (χ2v) is 8.76. The lowest BCUT2D eigenvalue weighted by Crippen LogP contribution is -2.44. The number of hydrogen-bond acceptors (Lipinski definition) is 3. The van der Waals surface area contributed by atoms with Crippen molar-refractivity contribution in [3.05, 3.63) is 101 Å². The maximum Gasteiger partial charge on any atom is 0.328 e. The molecule has 1 aromatic heterocycles. The van der Waals surface area contributed by atoms with Crippen LogP contribution in [0.2, 0.25) is 0 Å². The van der Waals surface area contributed by atoms with Crippen molar-refractivity contribution in [2.45, 2.75) is 31.5 Å². The van der Waals surface area contributed by atoms with Crippen LogP contribution < -0.4 is 0 Å². The Morgan fingerprint density at radius 3 is 2.52 bits per heavy atom. The standard InChI is InChI=1S/C27H23N3O3/c1-16(17-8-3-2-4-9-17)29-26(32)23-15-21-20-12-5-6-13-22(20)28-24(21)25(30(23)27(29)33)18-10-7-11-19(31)14-18/h2-14,16,23,25,28,31H,15H2,1H3/t16-,23?,25?/m1/s1. The lowest BCUT2D eigenvalue weighted by Gasteiger charge is -2.36. The zero-order valence-corrected chi connectivity index (χ0v) is 18.1. The van der Waals surface area contributed by atoms with Crippen LogP contribution in [0.15, 0.2) is 78.9 Å². The highest BCUT2D eigenvalue weighted by Crippen LogP contribution is 2.45. The third-order valence-corrected chi connectivity index (χ3v) is 6.94. The quantitative estimate of drug-likeness (QED) is 0.447. The predicted octanol–water partition coefficient (Wildman–Crippen LogP) is 4.91. The molecule has 1 fully saturated rings. The molecule has 0 saturated carbocycles. The molecule has 0 radical (unpaired) electrons. The highest BCUT2D eigenvalue weighted by molar-refractivity contribution is 6.06. The van der Waals surface area contributed by atoms with E-state index in [0.29, 0.717) is 6.42 Å². The van der Waals surface area contributed by atoms with Crippen molar-refractivity contribution in [2.24, 2.45) is 0 Å². The van der Waals surface area contributed by atoms with Gasteiger partial charge in [-0.25, -0.2) is 4.79 Å². The van der Waals surface area contributed by atoms with Gasteiger partial charge in [0.25, 0.3) is 5.91 Å². The van der Waals surface area contributed by atoms with Crippen molar-refractivity contribution >= 4 is 22.8 Å². The van der Waals surface area contributed by atoms with Crippen LogP contribution in [0.5, 0.6) is 5.75 Å². The van der Waals surface area contributed by atoms with E-state index in [9.17, 15) is 14.7 Å². The number of urea groups is 1. The first-order valence-corrected chi connectivity index (χ1v) is 11.1. The normalized spacial score (nSPS) is 20.8.